The summed E-state index contributed by atoms with van der Waals surface area (Å²) in [5.41, 5.74) is 0. The first kappa shape index (κ1) is 5.41. The zero-order valence-electron chi connectivity index (χ0n) is 4.38. The summed E-state index contributed by atoms with van der Waals surface area (Å²) in [5, 5.41) is 0. The zero-order chi connectivity index (χ0) is 5.28. The lowest BCUT2D eigenvalue weighted by Gasteiger charge is -2.25. The smallest absolute Gasteiger partial charge is 0.190 e. The SMILES string of the molecule is CC(C)C1OSO1. The molecular weight excluding hydrogens is 112 g/mol. The molecule has 1 aliphatic heterocycles. The third kappa shape index (κ3) is 1.08. The van der Waals surface area contributed by atoms with Crippen molar-refractivity contribution in [2.24, 2.45) is 5.92 Å². The molecule has 0 saturated carbocycles. The van der Waals surface area contributed by atoms with E-state index >= 15 is 0 Å². The van der Waals surface area contributed by atoms with E-state index in [1.54, 1.807) is 0 Å². The van der Waals surface area contributed by atoms with Crippen molar-refractivity contribution in [3.8, 4) is 0 Å². The lowest BCUT2D eigenvalue weighted by Crippen LogP contribution is -2.25. The summed E-state index contributed by atoms with van der Waals surface area (Å²) < 4.78 is 9.77. The molecule has 1 fully saturated rings. The summed E-state index contributed by atoms with van der Waals surface area (Å²) in [6, 6.07) is 0. The Morgan fingerprint density at radius 3 is 2.00 bits per heavy atom. The van der Waals surface area contributed by atoms with E-state index in [1.165, 1.54) is 0 Å². The summed E-state index contributed by atoms with van der Waals surface area (Å²) in [6.07, 6.45) is 0.0463. The van der Waals surface area contributed by atoms with Crippen molar-refractivity contribution in [1.82, 2.24) is 0 Å². The molecule has 1 saturated heterocycles. The first-order chi connectivity index (χ1) is 3.30. The Labute approximate surface area is 47.6 Å². The van der Waals surface area contributed by atoms with Gasteiger partial charge in [-0.15, -0.1) is 0 Å². The maximum atomic E-state index is 4.89. The molecule has 1 heterocycles. The highest BCUT2D eigenvalue weighted by Crippen LogP contribution is 2.29. The Balaban J connectivity index is 2.14. The van der Waals surface area contributed by atoms with Crippen LogP contribution in [0.3, 0.4) is 0 Å². The van der Waals surface area contributed by atoms with E-state index in [1.807, 2.05) is 0 Å². The van der Waals surface area contributed by atoms with Gasteiger partial charge in [0.2, 0.25) is 0 Å². The van der Waals surface area contributed by atoms with Crippen molar-refractivity contribution in [3.63, 3.8) is 0 Å². The van der Waals surface area contributed by atoms with Crippen LogP contribution in [0.1, 0.15) is 13.8 Å². The molecular formula is C4H8O2S. The molecule has 0 N–H and O–H groups in total. The predicted molar refractivity (Wildman–Crippen MR) is 28.4 cm³/mol. The second-order valence-corrected chi connectivity index (χ2v) is 2.39. The number of hydrogen-bond acceptors (Lipinski definition) is 3. The minimum atomic E-state index is 0.0463. The number of hydrogen-bond donors (Lipinski definition) is 0. The summed E-state index contributed by atoms with van der Waals surface area (Å²) >= 11 is 1.07. The highest BCUT2D eigenvalue weighted by Gasteiger charge is 2.24. The normalized spacial score (nSPS) is 22.7. The van der Waals surface area contributed by atoms with Crippen LogP contribution in [0.5, 0.6) is 0 Å². The molecule has 0 unspecified atom stereocenters. The van der Waals surface area contributed by atoms with Crippen molar-refractivity contribution in [3.05, 3.63) is 0 Å². The van der Waals surface area contributed by atoms with Crippen LogP contribution in [0.15, 0.2) is 0 Å². The van der Waals surface area contributed by atoms with E-state index in [-0.39, 0.29) is 6.29 Å². The second kappa shape index (κ2) is 2.03. The molecule has 0 amide bonds. The minimum absolute atomic E-state index is 0.0463. The Bertz CT molecular complexity index is 60.7. The van der Waals surface area contributed by atoms with Gasteiger partial charge >= 0.3 is 0 Å². The Hall–Kier alpha value is 0.270. The van der Waals surface area contributed by atoms with E-state index < -0.39 is 0 Å². The highest BCUT2D eigenvalue weighted by atomic mass is 32.2. The largest absolute Gasteiger partial charge is 0.258 e. The van der Waals surface area contributed by atoms with Gasteiger partial charge in [0.25, 0.3) is 0 Å². The van der Waals surface area contributed by atoms with Gasteiger partial charge in [-0.1, -0.05) is 13.8 Å². The third-order valence-corrected chi connectivity index (χ3v) is 1.35. The van der Waals surface area contributed by atoms with Crippen LogP contribution >= 0.6 is 12.3 Å². The van der Waals surface area contributed by atoms with Crippen molar-refractivity contribution >= 4 is 12.3 Å². The average Bonchev–Trinajstić information content (AvgIpc) is 1.23. The second-order valence-electron chi connectivity index (χ2n) is 1.87. The molecule has 0 aromatic carbocycles. The molecule has 0 atom stereocenters. The van der Waals surface area contributed by atoms with E-state index in [0.717, 1.165) is 12.3 Å². The van der Waals surface area contributed by atoms with Gasteiger partial charge in [0.05, 0.1) is 0 Å². The fourth-order valence-corrected chi connectivity index (χ4v) is 0.921. The summed E-state index contributed by atoms with van der Waals surface area (Å²) in [4.78, 5) is 0. The number of rotatable bonds is 1. The van der Waals surface area contributed by atoms with Crippen LogP contribution in [0, 0.1) is 5.92 Å². The molecule has 1 aliphatic rings. The Kier molecular flexibility index (Phi) is 1.57. The Morgan fingerprint density at radius 2 is 2.00 bits per heavy atom. The van der Waals surface area contributed by atoms with Crippen LogP contribution in [-0.4, -0.2) is 6.29 Å². The summed E-state index contributed by atoms with van der Waals surface area (Å²) in [5.74, 6) is 0.487. The molecule has 42 valence electrons. The zero-order valence-corrected chi connectivity index (χ0v) is 5.20. The molecule has 2 nitrogen and oxygen atoms in total. The monoisotopic (exact) mass is 120 g/mol. The van der Waals surface area contributed by atoms with E-state index in [4.69, 9.17) is 8.37 Å². The van der Waals surface area contributed by atoms with Gasteiger partial charge in [-0.05, 0) is 0 Å². The summed E-state index contributed by atoms with van der Waals surface area (Å²) in [6.45, 7) is 4.12. The van der Waals surface area contributed by atoms with E-state index in [9.17, 15) is 0 Å². The molecule has 0 spiro atoms. The van der Waals surface area contributed by atoms with Crippen molar-refractivity contribution in [2.75, 3.05) is 0 Å². The van der Waals surface area contributed by atoms with Crippen LogP contribution in [0.25, 0.3) is 0 Å². The third-order valence-electron chi connectivity index (χ3n) is 0.813. The standard InChI is InChI=1S/C4H8O2S/c1-3(2)4-5-7-6-4/h3-4H,1-2H3. The maximum absolute atomic E-state index is 4.89. The molecule has 0 aliphatic carbocycles. The lowest BCUT2D eigenvalue weighted by molar-refractivity contribution is -0.0728. The van der Waals surface area contributed by atoms with Gasteiger partial charge in [0.1, 0.15) is 0 Å². The fraction of sp³-hybridized carbons (Fsp3) is 1.00. The van der Waals surface area contributed by atoms with Crippen LogP contribution in [0.4, 0.5) is 0 Å². The maximum Gasteiger partial charge on any atom is 0.190 e. The van der Waals surface area contributed by atoms with Gasteiger partial charge in [-0.2, -0.15) is 0 Å². The molecule has 0 aromatic heterocycles. The van der Waals surface area contributed by atoms with Crippen molar-refractivity contribution in [2.45, 2.75) is 20.1 Å². The molecule has 7 heavy (non-hydrogen) atoms. The Morgan fingerprint density at radius 1 is 1.43 bits per heavy atom. The predicted octanol–water partition coefficient (Wildman–Crippen LogP) is 1.58. The molecule has 0 radical (unpaired) electrons. The van der Waals surface area contributed by atoms with Crippen LogP contribution in [0.2, 0.25) is 0 Å². The fourth-order valence-electron chi connectivity index (χ4n) is 0.307. The average molecular weight is 120 g/mol. The van der Waals surface area contributed by atoms with Crippen molar-refractivity contribution in [1.29, 1.82) is 0 Å². The van der Waals surface area contributed by atoms with Gasteiger partial charge in [0.15, 0.2) is 18.6 Å². The molecule has 1 rings (SSSR count). The van der Waals surface area contributed by atoms with E-state index in [0.29, 0.717) is 5.92 Å². The van der Waals surface area contributed by atoms with Gasteiger partial charge in [-0.25, -0.2) is 0 Å². The minimum Gasteiger partial charge on any atom is -0.258 e. The molecule has 3 heteroatoms. The molecule has 0 bridgehead atoms. The molecule has 0 aromatic rings. The summed E-state index contributed by atoms with van der Waals surface area (Å²) in [7, 11) is 0. The van der Waals surface area contributed by atoms with Gasteiger partial charge in [0, 0.05) is 5.92 Å². The highest BCUT2D eigenvalue weighted by molar-refractivity contribution is 7.90. The van der Waals surface area contributed by atoms with Crippen LogP contribution < -0.4 is 0 Å². The first-order valence-electron chi connectivity index (χ1n) is 2.29. The van der Waals surface area contributed by atoms with Crippen LogP contribution in [-0.2, 0) is 8.37 Å². The van der Waals surface area contributed by atoms with E-state index in [2.05, 4.69) is 13.8 Å². The lowest BCUT2D eigenvalue weighted by atomic mass is 10.2. The van der Waals surface area contributed by atoms with Crippen molar-refractivity contribution < 1.29 is 8.37 Å². The topological polar surface area (TPSA) is 18.5 Å². The van der Waals surface area contributed by atoms with Gasteiger partial charge < -0.3 is 0 Å². The quantitative estimate of drug-likeness (QED) is 0.489. The van der Waals surface area contributed by atoms with Gasteiger partial charge in [-0.3, -0.25) is 8.37 Å². The first-order valence-corrected chi connectivity index (χ1v) is 2.96.